The van der Waals surface area contributed by atoms with E-state index < -0.39 is 0 Å². The van der Waals surface area contributed by atoms with E-state index in [-0.39, 0.29) is 0 Å². The Balaban J connectivity index is 4.08. The molecule has 0 aromatic carbocycles. The van der Waals surface area contributed by atoms with E-state index in [0.717, 1.165) is 0 Å². The summed E-state index contributed by atoms with van der Waals surface area (Å²) in [7, 11) is 0. The highest BCUT2D eigenvalue weighted by atomic mass is 14.1. The van der Waals surface area contributed by atoms with Crippen LogP contribution in [0.4, 0.5) is 0 Å². The average molecular weight is 210 g/mol. The predicted octanol–water partition coefficient (Wildman–Crippen LogP) is 5.73. The molecule has 0 radical (unpaired) electrons. The van der Waals surface area contributed by atoms with Gasteiger partial charge >= 0.3 is 0 Å². The Bertz CT molecular complexity index is 159. The number of hydrogen-bond acceptors (Lipinski definition) is 0. The third kappa shape index (κ3) is 10.0. The van der Waals surface area contributed by atoms with Gasteiger partial charge in [0.05, 0.1) is 0 Å². The maximum atomic E-state index is 2.51. The van der Waals surface area contributed by atoms with Crippen LogP contribution in [0.3, 0.4) is 0 Å². The molecule has 15 heavy (non-hydrogen) atoms. The zero-order valence-corrected chi connectivity index (χ0v) is 11.5. The first-order valence-corrected chi connectivity index (χ1v) is 6.67. The van der Waals surface area contributed by atoms with E-state index in [0.29, 0.717) is 5.41 Å². The Morgan fingerprint density at radius 1 is 0.933 bits per heavy atom. The van der Waals surface area contributed by atoms with Crippen LogP contribution in [0.2, 0.25) is 0 Å². The first-order chi connectivity index (χ1) is 6.99. The molecule has 0 rings (SSSR count). The van der Waals surface area contributed by atoms with Crippen LogP contribution in [-0.2, 0) is 0 Å². The fraction of sp³-hybridized carbons (Fsp3) is 0.867. The molecule has 0 N–H and O–H groups in total. The zero-order valence-electron chi connectivity index (χ0n) is 11.5. The molecule has 0 nitrogen and oxygen atoms in total. The molecule has 0 aromatic heterocycles. The predicted molar refractivity (Wildman–Crippen MR) is 71.2 cm³/mol. The SMILES string of the molecule is CCCCC(=CCC(C)(C)C)CCCC. The number of unbranched alkanes of at least 4 members (excludes halogenated alkanes) is 2. The molecule has 0 aromatic rings. The summed E-state index contributed by atoms with van der Waals surface area (Å²) in [6.07, 6.45) is 11.7. The maximum Gasteiger partial charge on any atom is -0.0299 e. The van der Waals surface area contributed by atoms with Gasteiger partial charge in [-0.1, -0.05) is 59.1 Å². The van der Waals surface area contributed by atoms with Crippen molar-refractivity contribution in [2.45, 2.75) is 79.6 Å². The molecule has 0 heteroatoms. The maximum absolute atomic E-state index is 2.51. The lowest BCUT2D eigenvalue weighted by Gasteiger charge is -2.16. The van der Waals surface area contributed by atoms with Crippen molar-refractivity contribution in [1.82, 2.24) is 0 Å². The third-order valence-electron chi connectivity index (χ3n) is 2.71. The van der Waals surface area contributed by atoms with Gasteiger partial charge in [-0.2, -0.15) is 0 Å². The highest BCUT2D eigenvalue weighted by molar-refractivity contribution is 5.03. The standard InChI is InChI=1S/C15H30/c1-6-8-10-14(11-9-7-2)12-13-15(3,4)5/h12H,6-11,13H2,1-5H3. The summed E-state index contributed by atoms with van der Waals surface area (Å²) in [4.78, 5) is 0. The lowest BCUT2D eigenvalue weighted by atomic mass is 9.89. The van der Waals surface area contributed by atoms with Crippen LogP contribution in [-0.4, -0.2) is 0 Å². The molecular formula is C15H30. The quantitative estimate of drug-likeness (QED) is 0.471. The molecule has 0 spiro atoms. The van der Waals surface area contributed by atoms with Crippen molar-refractivity contribution in [2.75, 3.05) is 0 Å². The lowest BCUT2D eigenvalue weighted by molar-refractivity contribution is 0.418. The molecule has 0 fully saturated rings. The van der Waals surface area contributed by atoms with Crippen molar-refractivity contribution in [3.05, 3.63) is 11.6 Å². The van der Waals surface area contributed by atoms with E-state index in [1.54, 1.807) is 5.57 Å². The topological polar surface area (TPSA) is 0 Å². The normalized spacial score (nSPS) is 11.5. The molecule has 0 saturated carbocycles. The van der Waals surface area contributed by atoms with Crippen molar-refractivity contribution in [3.8, 4) is 0 Å². The van der Waals surface area contributed by atoms with Gasteiger partial charge in [0.1, 0.15) is 0 Å². The summed E-state index contributed by atoms with van der Waals surface area (Å²) in [6.45, 7) is 11.5. The third-order valence-corrected chi connectivity index (χ3v) is 2.71. The molecule has 0 aliphatic rings. The van der Waals surface area contributed by atoms with E-state index in [4.69, 9.17) is 0 Å². The molecule has 0 atom stereocenters. The summed E-state index contributed by atoms with van der Waals surface area (Å²) >= 11 is 0. The van der Waals surface area contributed by atoms with Gasteiger partial charge in [-0.15, -0.1) is 0 Å². The second-order valence-electron chi connectivity index (χ2n) is 5.83. The highest BCUT2D eigenvalue weighted by Gasteiger charge is 2.08. The Morgan fingerprint density at radius 2 is 1.40 bits per heavy atom. The molecule has 0 bridgehead atoms. The highest BCUT2D eigenvalue weighted by Crippen LogP contribution is 2.23. The summed E-state index contributed by atoms with van der Waals surface area (Å²) in [6, 6.07) is 0. The van der Waals surface area contributed by atoms with Crippen LogP contribution in [0.1, 0.15) is 79.6 Å². The molecule has 0 unspecified atom stereocenters. The Kier molecular flexibility index (Phi) is 7.82. The first kappa shape index (κ1) is 14.7. The number of hydrogen-bond donors (Lipinski definition) is 0. The Hall–Kier alpha value is -0.260. The van der Waals surface area contributed by atoms with Gasteiger partial charge in [0.2, 0.25) is 0 Å². The molecule has 0 aliphatic carbocycles. The molecule has 0 aliphatic heterocycles. The zero-order chi connectivity index (χ0) is 11.7. The minimum Gasteiger partial charge on any atom is -0.0848 e. The fourth-order valence-electron chi connectivity index (χ4n) is 1.59. The Labute approximate surface area is 97.2 Å². The summed E-state index contributed by atoms with van der Waals surface area (Å²) in [5.41, 5.74) is 2.15. The molecule has 0 amide bonds. The molecule has 90 valence electrons. The van der Waals surface area contributed by atoms with Crippen molar-refractivity contribution < 1.29 is 0 Å². The van der Waals surface area contributed by atoms with Gasteiger partial charge in [0.15, 0.2) is 0 Å². The van der Waals surface area contributed by atoms with Crippen LogP contribution in [0, 0.1) is 5.41 Å². The van der Waals surface area contributed by atoms with Crippen molar-refractivity contribution in [1.29, 1.82) is 0 Å². The van der Waals surface area contributed by atoms with E-state index in [2.05, 4.69) is 40.7 Å². The van der Waals surface area contributed by atoms with Crippen molar-refractivity contribution in [2.24, 2.45) is 5.41 Å². The first-order valence-electron chi connectivity index (χ1n) is 6.67. The molecule has 0 saturated heterocycles. The number of rotatable bonds is 7. The van der Waals surface area contributed by atoms with Gasteiger partial charge in [0, 0.05) is 0 Å². The Morgan fingerprint density at radius 3 is 1.73 bits per heavy atom. The van der Waals surface area contributed by atoms with E-state index in [1.165, 1.54) is 44.9 Å². The van der Waals surface area contributed by atoms with Gasteiger partial charge in [-0.3, -0.25) is 0 Å². The van der Waals surface area contributed by atoms with Crippen LogP contribution < -0.4 is 0 Å². The minimum absolute atomic E-state index is 0.448. The summed E-state index contributed by atoms with van der Waals surface area (Å²) in [5.74, 6) is 0. The van der Waals surface area contributed by atoms with Gasteiger partial charge in [-0.25, -0.2) is 0 Å². The summed E-state index contributed by atoms with van der Waals surface area (Å²) in [5, 5.41) is 0. The molecular weight excluding hydrogens is 180 g/mol. The lowest BCUT2D eigenvalue weighted by Crippen LogP contribution is -2.03. The van der Waals surface area contributed by atoms with Crippen molar-refractivity contribution >= 4 is 0 Å². The van der Waals surface area contributed by atoms with E-state index >= 15 is 0 Å². The largest absolute Gasteiger partial charge is 0.0848 e. The average Bonchev–Trinajstić information content (AvgIpc) is 2.15. The second kappa shape index (κ2) is 7.96. The van der Waals surface area contributed by atoms with Crippen LogP contribution in [0.25, 0.3) is 0 Å². The van der Waals surface area contributed by atoms with Crippen LogP contribution in [0.15, 0.2) is 11.6 Å². The van der Waals surface area contributed by atoms with Gasteiger partial charge < -0.3 is 0 Å². The van der Waals surface area contributed by atoms with Crippen molar-refractivity contribution in [3.63, 3.8) is 0 Å². The second-order valence-corrected chi connectivity index (χ2v) is 5.83. The summed E-state index contributed by atoms with van der Waals surface area (Å²) < 4.78 is 0. The number of allylic oxidation sites excluding steroid dienone is 2. The van der Waals surface area contributed by atoms with Crippen LogP contribution in [0.5, 0.6) is 0 Å². The van der Waals surface area contributed by atoms with E-state index in [1.807, 2.05) is 0 Å². The van der Waals surface area contributed by atoms with Crippen LogP contribution >= 0.6 is 0 Å². The fourth-order valence-corrected chi connectivity index (χ4v) is 1.59. The monoisotopic (exact) mass is 210 g/mol. The van der Waals surface area contributed by atoms with Gasteiger partial charge in [0.25, 0.3) is 0 Å². The van der Waals surface area contributed by atoms with E-state index in [9.17, 15) is 0 Å². The minimum atomic E-state index is 0.448. The molecule has 0 heterocycles. The van der Waals surface area contributed by atoms with Gasteiger partial charge in [-0.05, 0) is 37.5 Å². The smallest absolute Gasteiger partial charge is 0.0299 e.